The Hall–Kier alpha value is -1.57. The van der Waals surface area contributed by atoms with Crippen molar-refractivity contribution in [3.63, 3.8) is 0 Å². The molecule has 0 aromatic heterocycles. The van der Waals surface area contributed by atoms with Crippen LogP contribution < -0.4 is 0 Å². The van der Waals surface area contributed by atoms with Crippen LogP contribution in [0.3, 0.4) is 0 Å². The molecule has 0 aliphatic carbocycles. The van der Waals surface area contributed by atoms with Crippen molar-refractivity contribution in [1.29, 1.82) is 0 Å². The van der Waals surface area contributed by atoms with Gasteiger partial charge in [0.1, 0.15) is 6.04 Å². The molecule has 1 rings (SSSR count). The summed E-state index contributed by atoms with van der Waals surface area (Å²) in [6.45, 7) is 1.57. The Morgan fingerprint density at radius 2 is 1.95 bits per heavy atom. The molecule has 0 saturated heterocycles. The third kappa shape index (κ3) is 3.96. The van der Waals surface area contributed by atoms with Crippen molar-refractivity contribution in [3.8, 4) is 0 Å². The fourth-order valence-corrected chi connectivity index (χ4v) is 2.23. The summed E-state index contributed by atoms with van der Waals surface area (Å²) < 4.78 is 38.2. The highest BCUT2D eigenvalue weighted by Gasteiger charge is 2.33. The van der Waals surface area contributed by atoms with Crippen molar-refractivity contribution in [2.24, 2.45) is 0 Å². The molecule has 0 aliphatic heterocycles. The summed E-state index contributed by atoms with van der Waals surface area (Å²) in [6, 6.07) is 1.57. The maximum atomic E-state index is 12.7. The fraction of sp³-hybridized carbons (Fsp3) is 0.385. The number of aliphatic carboxylic acids is 1. The number of carbonyl (C=O) groups excluding carboxylic acids is 1. The molecular weight excluding hydrogens is 355 g/mol. The first-order valence-corrected chi connectivity index (χ1v) is 6.75. The minimum atomic E-state index is -4.58. The minimum absolute atomic E-state index is 0.147. The van der Waals surface area contributed by atoms with Gasteiger partial charge in [-0.3, -0.25) is 4.79 Å². The van der Waals surface area contributed by atoms with Gasteiger partial charge in [-0.2, -0.15) is 13.2 Å². The molecule has 1 unspecified atom stereocenters. The molecule has 116 valence electrons. The molecule has 0 bridgehead atoms. The Bertz CT molecular complexity index is 560. The lowest BCUT2D eigenvalue weighted by molar-refractivity contribution is -0.142. The van der Waals surface area contributed by atoms with E-state index in [9.17, 15) is 22.8 Å². The first-order valence-electron chi connectivity index (χ1n) is 5.96. The Morgan fingerprint density at radius 3 is 2.38 bits per heavy atom. The number of hydrogen-bond donors (Lipinski definition) is 1. The molecule has 1 aromatic carbocycles. The van der Waals surface area contributed by atoms with E-state index in [0.29, 0.717) is 6.07 Å². The van der Waals surface area contributed by atoms with Crippen molar-refractivity contribution in [2.75, 3.05) is 7.05 Å². The van der Waals surface area contributed by atoms with Crippen LogP contribution in [0.25, 0.3) is 0 Å². The second-order valence-corrected chi connectivity index (χ2v) is 5.23. The zero-order chi connectivity index (χ0) is 16.4. The maximum Gasteiger partial charge on any atom is 0.416 e. The van der Waals surface area contributed by atoms with Crippen LogP contribution in [0.5, 0.6) is 0 Å². The van der Waals surface area contributed by atoms with E-state index in [0.717, 1.165) is 17.0 Å². The Balaban J connectivity index is 3.21. The van der Waals surface area contributed by atoms with E-state index in [-0.39, 0.29) is 16.5 Å². The molecular formula is C13H13BrF3NO3. The van der Waals surface area contributed by atoms with Gasteiger partial charge in [-0.1, -0.05) is 6.92 Å². The number of carboxylic acid groups (broad SMARTS) is 1. The summed E-state index contributed by atoms with van der Waals surface area (Å²) in [5.41, 5.74) is -1.20. The van der Waals surface area contributed by atoms with E-state index in [1.807, 2.05) is 0 Å². The third-order valence-corrected chi connectivity index (χ3v) is 3.68. The smallest absolute Gasteiger partial charge is 0.416 e. The van der Waals surface area contributed by atoms with Crippen molar-refractivity contribution in [1.82, 2.24) is 4.90 Å². The molecule has 0 heterocycles. The molecule has 4 nitrogen and oxygen atoms in total. The van der Waals surface area contributed by atoms with E-state index < -0.39 is 29.7 Å². The van der Waals surface area contributed by atoms with Crippen LogP contribution in [0.15, 0.2) is 22.7 Å². The van der Waals surface area contributed by atoms with Crippen LogP contribution in [-0.2, 0) is 11.0 Å². The Labute approximate surface area is 127 Å². The van der Waals surface area contributed by atoms with Crippen molar-refractivity contribution >= 4 is 27.8 Å². The molecule has 1 amide bonds. The highest BCUT2D eigenvalue weighted by Crippen LogP contribution is 2.32. The predicted molar refractivity (Wildman–Crippen MR) is 73.0 cm³/mol. The van der Waals surface area contributed by atoms with Gasteiger partial charge in [0.15, 0.2) is 0 Å². The van der Waals surface area contributed by atoms with Gasteiger partial charge in [0.05, 0.1) is 11.1 Å². The van der Waals surface area contributed by atoms with Crippen LogP contribution >= 0.6 is 15.9 Å². The van der Waals surface area contributed by atoms with E-state index in [4.69, 9.17) is 5.11 Å². The molecule has 0 fully saturated rings. The molecule has 21 heavy (non-hydrogen) atoms. The van der Waals surface area contributed by atoms with Gasteiger partial charge in [0.2, 0.25) is 0 Å². The molecule has 0 aliphatic rings. The summed E-state index contributed by atoms with van der Waals surface area (Å²) in [5.74, 6) is -2.00. The number of hydrogen-bond acceptors (Lipinski definition) is 2. The molecule has 0 saturated carbocycles. The third-order valence-electron chi connectivity index (χ3n) is 2.98. The predicted octanol–water partition coefficient (Wildman–Crippen LogP) is 3.40. The molecule has 1 atom stereocenters. The number of alkyl halides is 3. The summed E-state index contributed by atoms with van der Waals surface area (Å²) in [6.07, 6.45) is -4.43. The lowest BCUT2D eigenvalue weighted by Gasteiger charge is -2.24. The highest BCUT2D eigenvalue weighted by atomic mass is 79.9. The molecule has 8 heteroatoms. The van der Waals surface area contributed by atoms with Crippen molar-refractivity contribution in [3.05, 3.63) is 33.8 Å². The summed E-state index contributed by atoms with van der Waals surface area (Å²) in [7, 11) is 1.25. The lowest BCUT2D eigenvalue weighted by atomic mass is 10.1. The monoisotopic (exact) mass is 367 g/mol. The summed E-state index contributed by atoms with van der Waals surface area (Å²) in [5, 5.41) is 9.01. The number of halogens is 4. The second-order valence-electron chi connectivity index (χ2n) is 4.37. The standard InChI is InChI=1S/C13H13BrF3NO3/c1-3-10(12(20)21)18(2)11(19)8-6-7(13(15,16)17)4-5-9(8)14/h4-6,10H,3H2,1-2H3,(H,20,21). The van der Waals surface area contributed by atoms with Gasteiger partial charge in [0, 0.05) is 11.5 Å². The lowest BCUT2D eigenvalue weighted by Crippen LogP contribution is -2.42. The minimum Gasteiger partial charge on any atom is -0.480 e. The van der Waals surface area contributed by atoms with E-state index in [1.165, 1.54) is 7.05 Å². The average Bonchev–Trinajstić information content (AvgIpc) is 2.37. The van der Waals surface area contributed by atoms with Crippen LogP contribution in [0.2, 0.25) is 0 Å². The number of amides is 1. The van der Waals surface area contributed by atoms with E-state index >= 15 is 0 Å². The van der Waals surface area contributed by atoms with E-state index in [2.05, 4.69) is 15.9 Å². The quantitative estimate of drug-likeness (QED) is 0.886. The SMILES string of the molecule is CCC(C(=O)O)N(C)C(=O)c1cc(C(F)(F)F)ccc1Br. The molecule has 0 spiro atoms. The zero-order valence-electron chi connectivity index (χ0n) is 11.2. The van der Waals surface area contributed by atoms with Gasteiger partial charge >= 0.3 is 12.1 Å². The zero-order valence-corrected chi connectivity index (χ0v) is 12.8. The van der Waals surface area contributed by atoms with Gasteiger partial charge < -0.3 is 10.0 Å². The Morgan fingerprint density at radius 1 is 1.38 bits per heavy atom. The maximum absolute atomic E-state index is 12.7. The van der Waals surface area contributed by atoms with Gasteiger partial charge in [-0.05, 0) is 40.5 Å². The van der Waals surface area contributed by atoms with Gasteiger partial charge in [0.25, 0.3) is 5.91 Å². The highest BCUT2D eigenvalue weighted by molar-refractivity contribution is 9.10. The number of benzene rings is 1. The van der Waals surface area contributed by atoms with Gasteiger partial charge in [-0.25, -0.2) is 4.79 Å². The van der Waals surface area contributed by atoms with E-state index in [1.54, 1.807) is 6.92 Å². The van der Waals surface area contributed by atoms with Crippen LogP contribution in [-0.4, -0.2) is 35.0 Å². The molecule has 1 aromatic rings. The first kappa shape index (κ1) is 17.5. The summed E-state index contributed by atoms with van der Waals surface area (Å²) >= 11 is 3.01. The average molecular weight is 368 g/mol. The number of rotatable bonds is 4. The number of likely N-dealkylation sites (N-methyl/N-ethyl adjacent to an activating group) is 1. The molecule has 0 radical (unpaired) electrons. The Kier molecular flexibility index (Phi) is 5.38. The second kappa shape index (κ2) is 6.46. The van der Waals surface area contributed by atoms with Crippen molar-refractivity contribution in [2.45, 2.75) is 25.6 Å². The number of carboxylic acids is 1. The molecule has 1 N–H and O–H groups in total. The van der Waals surface area contributed by atoms with Crippen LogP contribution in [0, 0.1) is 0 Å². The summed E-state index contributed by atoms with van der Waals surface area (Å²) in [4.78, 5) is 24.2. The number of nitrogens with zero attached hydrogens (tertiary/aromatic N) is 1. The topological polar surface area (TPSA) is 57.6 Å². The normalized spacial score (nSPS) is 12.9. The first-order chi connectivity index (χ1) is 9.59. The van der Waals surface area contributed by atoms with Crippen molar-refractivity contribution < 1.29 is 27.9 Å². The van der Waals surface area contributed by atoms with Gasteiger partial charge in [-0.15, -0.1) is 0 Å². The number of carbonyl (C=O) groups is 2. The largest absolute Gasteiger partial charge is 0.480 e. The van der Waals surface area contributed by atoms with Crippen LogP contribution in [0.4, 0.5) is 13.2 Å². The fourth-order valence-electron chi connectivity index (χ4n) is 1.81. The van der Waals surface area contributed by atoms with Crippen LogP contribution in [0.1, 0.15) is 29.3 Å².